The quantitative estimate of drug-likeness (QED) is 0.117. The van der Waals surface area contributed by atoms with E-state index in [0.717, 1.165) is 11.1 Å². The first-order valence-corrected chi connectivity index (χ1v) is 9.63. The maximum Gasteiger partial charge on any atom is 0.336 e. The van der Waals surface area contributed by atoms with E-state index in [0.29, 0.717) is 11.5 Å². The summed E-state index contributed by atoms with van der Waals surface area (Å²) in [5.74, 6) is 0.628. The van der Waals surface area contributed by atoms with Crippen LogP contribution in [0.2, 0.25) is 0 Å². The topological polar surface area (TPSA) is 44.8 Å². The van der Waals surface area contributed by atoms with E-state index in [2.05, 4.69) is 0 Å². The van der Waals surface area contributed by atoms with Gasteiger partial charge in [0.25, 0.3) is 0 Å². The van der Waals surface area contributed by atoms with Crippen molar-refractivity contribution in [1.29, 1.82) is 0 Å². The lowest BCUT2D eigenvalue weighted by Gasteiger charge is -2.06. The first-order valence-electron chi connectivity index (χ1n) is 9.63. The highest BCUT2D eigenvalue weighted by atomic mass is 16.7. The number of carbonyl (C=O) groups is 1. The van der Waals surface area contributed by atoms with Gasteiger partial charge >= 0.3 is 5.97 Å². The highest BCUT2D eigenvalue weighted by Crippen LogP contribution is 2.18. The highest BCUT2D eigenvalue weighted by Gasteiger charge is 2.01. The number of aryl methyl sites for hydroxylation is 2. The Labute approximate surface area is 177 Å². The number of esters is 1. The predicted molar refractivity (Wildman–Crippen MR) is 119 cm³/mol. The summed E-state index contributed by atoms with van der Waals surface area (Å²) < 4.78 is 16.2. The van der Waals surface area contributed by atoms with Crippen molar-refractivity contribution in [3.63, 3.8) is 0 Å². The van der Waals surface area contributed by atoms with Crippen LogP contribution in [-0.4, -0.2) is 12.8 Å². The lowest BCUT2D eigenvalue weighted by molar-refractivity contribution is -0.128. The molecule has 152 valence electrons. The van der Waals surface area contributed by atoms with Crippen LogP contribution in [0.25, 0.3) is 12.2 Å². The van der Waals surface area contributed by atoms with Crippen molar-refractivity contribution in [2.45, 2.75) is 13.8 Å². The summed E-state index contributed by atoms with van der Waals surface area (Å²) in [6.45, 7) is 4.15. The summed E-state index contributed by atoms with van der Waals surface area (Å²) in [5, 5.41) is 0. The molecule has 0 saturated heterocycles. The van der Waals surface area contributed by atoms with Gasteiger partial charge in [-0.3, -0.25) is 0 Å². The van der Waals surface area contributed by atoms with Gasteiger partial charge in [0, 0.05) is 6.08 Å². The van der Waals surface area contributed by atoms with E-state index in [9.17, 15) is 4.79 Å². The van der Waals surface area contributed by atoms with Gasteiger partial charge in [-0.25, -0.2) is 4.79 Å². The molecule has 0 heterocycles. The molecule has 0 fully saturated rings. The average molecular weight is 400 g/mol. The molecule has 0 N–H and O–H groups in total. The second-order valence-corrected chi connectivity index (χ2v) is 6.78. The van der Waals surface area contributed by atoms with E-state index in [-0.39, 0.29) is 6.79 Å². The lowest BCUT2D eigenvalue weighted by Crippen LogP contribution is -2.04. The summed E-state index contributed by atoms with van der Waals surface area (Å²) in [5.41, 5.74) is 4.39. The third-order valence-corrected chi connectivity index (χ3v) is 4.26. The van der Waals surface area contributed by atoms with E-state index in [1.54, 1.807) is 36.6 Å². The van der Waals surface area contributed by atoms with Crippen LogP contribution >= 0.6 is 0 Å². The Morgan fingerprint density at radius 3 is 1.87 bits per heavy atom. The first kappa shape index (κ1) is 20.9. The third kappa shape index (κ3) is 6.99. The largest absolute Gasteiger partial charge is 0.465 e. The van der Waals surface area contributed by atoms with Gasteiger partial charge in [0.2, 0.25) is 6.79 Å². The van der Waals surface area contributed by atoms with E-state index < -0.39 is 5.97 Å². The Kier molecular flexibility index (Phi) is 7.45. The number of benzene rings is 3. The second-order valence-electron chi connectivity index (χ2n) is 6.78. The summed E-state index contributed by atoms with van der Waals surface area (Å²) in [7, 11) is 0. The fourth-order valence-corrected chi connectivity index (χ4v) is 2.54. The summed E-state index contributed by atoms with van der Waals surface area (Å²) in [6.07, 6.45) is 6.60. The van der Waals surface area contributed by atoms with E-state index >= 15 is 0 Å². The zero-order valence-corrected chi connectivity index (χ0v) is 17.1. The highest BCUT2D eigenvalue weighted by molar-refractivity contribution is 5.88. The molecule has 30 heavy (non-hydrogen) atoms. The van der Waals surface area contributed by atoms with Crippen molar-refractivity contribution in [1.82, 2.24) is 0 Å². The SMILES string of the molecule is Cc1ccc(C=COCOc2ccc(OC(=O)C=Cc3ccc(C)cc3)cc2)cc1. The molecule has 0 aliphatic heterocycles. The maximum atomic E-state index is 11.9. The molecular formula is C26H24O4. The summed E-state index contributed by atoms with van der Waals surface area (Å²) >= 11 is 0. The van der Waals surface area contributed by atoms with Gasteiger partial charge in [0.1, 0.15) is 11.5 Å². The van der Waals surface area contributed by atoms with Crippen LogP contribution < -0.4 is 9.47 Å². The third-order valence-electron chi connectivity index (χ3n) is 4.26. The van der Waals surface area contributed by atoms with Gasteiger partial charge in [0.05, 0.1) is 6.26 Å². The van der Waals surface area contributed by atoms with Crippen molar-refractivity contribution in [2.24, 2.45) is 0 Å². The molecule has 0 saturated carbocycles. The van der Waals surface area contributed by atoms with Gasteiger partial charge in [-0.1, -0.05) is 59.7 Å². The molecule has 0 amide bonds. The Balaban J connectivity index is 1.41. The van der Waals surface area contributed by atoms with Gasteiger partial charge in [-0.2, -0.15) is 0 Å². The van der Waals surface area contributed by atoms with Crippen LogP contribution in [0.3, 0.4) is 0 Å². The molecule has 0 aliphatic carbocycles. The lowest BCUT2D eigenvalue weighted by atomic mass is 10.1. The Morgan fingerprint density at radius 2 is 1.27 bits per heavy atom. The van der Waals surface area contributed by atoms with Crippen molar-refractivity contribution in [2.75, 3.05) is 6.79 Å². The normalized spacial score (nSPS) is 11.0. The Morgan fingerprint density at radius 1 is 0.733 bits per heavy atom. The number of rotatable bonds is 8. The maximum absolute atomic E-state index is 11.9. The molecule has 0 atom stereocenters. The molecule has 0 spiro atoms. The first-order chi connectivity index (χ1) is 14.6. The summed E-state index contributed by atoms with van der Waals surface area (Å²) in [6, 6.07) is 22.8. The van der Waals surface area contributed by atoms with Crippen LogP contribution in [0, 0.1) is 13.8 Å². The van der Waals surface area contributed by atoms with Gasteiger partial charge < -0.3 is 14.2 Å². The predicted octanol–water partition coefficient (Wildman–Crippen LogP) is 5.95. The average Bonchev–Trinajstić information content (AvgIpc) is 2.75. The zero-order valence-electron chi connectivity index (χ0n) is 17.1. The minimum atomic E-state index is -0.436. The monoisotopic (exact) mass is 400 g/mol. The number of hydrogen-bond donors (Lipinski definition) is 0. The molecule has 0 radical (unpaired) electrons. The molecule has 3 aromatic rings. The molecule has 0 aromatic heterocycles. The number of ether oxygens (including phenoxy) is 3. The van der Waals surface area contributed by atoms with E-state index in [4.69, 9.17) is 14.2 Å². The van der Waals surface area contributed by atoms with Crippen molar-refractivity contribution in [3.8, 4) is 11.5 Å². The number of hydrogen-bond acceptors (Lipinski definition) is 4. The van der Waals surface area contributed by atoms with E-state index in [1.165, 1.54) is 17.2 Å². The van der Waals surface area contributed by atoms with Gasteiger partial charge in [-0.15, -0.1) is 0 Å². The fraction of sp³-hybridized carbons (Fsp3) is 0.115. The molecule has 3 aromatic carbocycles. The molecule has 0 bridgehead atoms. The molecule has 0 aliphatic rings. The standard InChI is InChI=1S/C26H24O4/c1-20-3-7-22(8-4-20)11-16-26(27)30-25-14-12-24(13-15-25)29-19-28-18-17-23-9-5-21(2)6-10-23/h3-18H,19H2,1-2H3. The molecular weight excluding hydrogens is 376 g/mol. The molecule has 4 heteroatoms. The zero-order chi connectivity index (χ0) is 21.2. The minimum absolute atomic E-state index is 0.0841. The smallest absolute Gasteiger partial charge is 0.336 e. The van der Waals surface area contributed by atoms with Crippen LogP contribution in [0.1, 0.15) is 22.3 Å². The minimum Gasteiger partial charge on any atom is -0.465 e. The van der Waals surface area contributed by atoms with Crippen molar-refractivity contribution in [3.05, 3.63) is 107 Å². The summed E-state index contributed by atoms with van der Waals surface area (Å²) in [4.78, 5) is 11.9. The van der Waals surface area contributed by atoms with E-state index in [1.807, 2.05) is 68.5 Å². The van der Waals surface area contributed by atoms with Crippen LogP contribution in [0.15, 0.2) is 85.1 Å². The Hall–Kier alpha value is -3.79. The van der Waals surface area contributed by atoms with Crippen LogP contribution in [0.5, 0.6) is 11.5 Å². The molecule has 4 nitrogen and oxygen atoms in total. The van der Waals surface area contributed by atoms with Crippen LogP contribution in [0.4, 0.5) is 0 Å². The molecule has 0 unspecified atom stereocenters. The van der Waals surface area contributed by atoms with Crippen molar-refractivity contribution < 1.29 is 19.0 Å². The van der Waals surface area contributed by atoms with Crippen molar-refractivity contribution >= 4 is 18.1 Å². The fourth-order valence-electron chi connectivity index (χ4n) is 2.54. The van der Waals surface area contributed by atoms with Gasteiger partial charge in [0.15, 0.2) is 0 Å². The second kappa shape index (κ2) is 10.7. The van der Waals surface area contributed by atoms with Gasteiger partial charge in [-0.05, 0) is 61.4 Å². The Bertz CT molecular complexity index is 998. The molecule has 3 rings (SSSR count). The number of carbonyl (C=O) groups excluding carboxylic acids is 1. The van der Waals surface area contributed by atoms with Crippen LogP contribution in [-0.2, 0) is 9.53 Å².